The zero-order valence-electron chi connectivity index (χ0n) is 19.6. The second kappa shape index (κ2) is 9.05. The number of ether oxygens (including phenoxy) is 1. The summed E-state index contributed by atoms with van der Waals surface area (Å²) in [7, 11) is 1.62. The smallest absolute Gasteiger partial charge is 0.289 e. The number of piperazine rings is 1. The van der Waals surface area contributed by atoms with Crippen molar-refractivity contribution in [3.8, 4) is 17.1 Å². The first-order valence-electron chi connectivity index (χ1n) is 12.1. The van der Waals surface area contributed by atoms with Gasteiger partial charge in [0, 0.05) is 49.2 Å². The molecule has 9 heteroatoms. The maximum Gasteiger partial charge on any atom is 0.289 e. The normalized spacial score (nSPS) is 16.8. The lowest BCUT2D eigenvalue weighted by Gasteiger charge is -2.35. The number of hydrogen-bond donors (Lipinski definition) is 0. The van der Waals surface area contributed by atoms with Crippen molar-refractivity contribution < 1.29 is 18.5 Å². The molecule has 0 N–H and O–H groups in total. The van der Waals surface area contributed by atoms with Crippen molar-refractivity contribution in [1.82, 2.24) is 20.0 Å². The van der Waals surface area contributed by atoms with E-state index in [0.29, 0.717) is 49.3 Å². The molecule has 4 aromatic rings. The minimum absolute atomic E-state index is 0.0988. The Labute approximate surface area is 202 Å². The van der Waals surface area contributed by atoms with Gasteiger partial charge >= 0.3 is 0 Å². The number of hydrogen-bond acceptors (Lipinski definition) is 8. The molecule has 0 radical (unpaired) electrons. The fourth-order valence-corrected chi connectivity index (χ4v) is 4.94. The van der Waals surface area contributed by atoms with Gasteiger partial charge in [0.05, 0.1) is 7.11 Å². The van der Waals surface area contributed by atoms with Crippen LogP contribution in [0.2, 0.25) is 0 Å². The van der Waals surface area contributed by atoms with Gasteiger partial charge < -0.3 is 23.5 Å². The van der Waals surface area contributed by atoms with Gasteiger partial charge in [-0.25, -0.2) is 4.98 Å². The highest BCUT2D eigenvalue weighted by atomic mass is 16.5. The molecular formula is C26H27N5O4. The molecule has 1 aliphatic carbocycles. The van der Waals surface area contributed by atoms with Crippen LogP contribution in [0, 0.1) is 0 Å². The van der Waals surface area contributed by atoms with E-state index in [0.717, 1.165) is 41.2 Å². The van der Waals surface area contributed by atoms with Crippen LogP contribution in [0.5, 0.6) is 5.75 Å². The van der Waals surface area contributed by atoms with Crippen molar-refractivity contribution in [2.24, 2.45) is 0 Å². The average molecular weight is 474 g/mol. The van der Waals surface area contributed by atoms with E-state index in [-0.39, 0.29) is 5.91 Å². The molecule has 1 amide bonds. The predicted octanol–water partition coefficient (Wildman–Crippen LogP) is 4.51. The van der Waals surface area contributed by atoms with E-state index in [4.69, 9.17) is 13.7 Å². The number of nitrogens with zero attached hydrogens (tertiary/aromatic N) is 5. The third-order valence-electron chi connectivity index (χ3n) is 6.98. The highest BCUT2D eigenvalue weighted by Gasteiger charge is 2.26. The zero-order chi connectivity index (χ0) is 23.8. The van der Waals surface area contributed by atoms with E-state index in [1.807, 2.05) is 35.2 Å². The number of benzene rings is 1. The maximum atomic E-state index is 13.0. The lowest BCUT2D eigenvalue weighted by atomic mass is 10.1. The van der Waals surface area contributed by atoms with Gasteiger partial charge in [-0.1, -0.05) is 18.0 Å². The van der Waals surface area contributed by atoms with Gasteiger partial charge in [-0.15, -0.1) is 0 Å². The summed E-state index contributed by atoms with van der Waals surface area (Å²) in [5.41, 5.74) is 1.52. The summed E-state index contributed by atoms with van der Waals surface area (Å²) < 4.78 is 16.5. The molecule has 0 unspecified atom stereocenters. The Morgan fingerprint density at radius 1 is 1.06 bits per heavy atom. The van der Waals surface area contributed by atoms with Crippen molar-refractivity contribution in [2.45, 2.75) is 31.6 Å². The summed E-state index contributed by atoms with van der Waals surface area (Å²) in [6.07, 6.45) is 6.49. The third kappa shape index (κ3) is 4.22. The lowest BCUT2D eigenvalue weighted by molar-refractivity contribution is 0.0717. The Morgan fingerprint density at radius 2 is 1.89 bits per heavy atom. The Balaban J connectivity index is 1.08. The maximum absolute atomic E-state index is 13.0. The molecule has 1 aromatic carbocycles. The molecule has 6 rings (SSSR count). The molecule has 35 heavy (non-hydrogen) atoms. The molecule has 2 fully saturated rings. The highest BCUT2D eigenvalue weighted by molar-refractivity contribution is 5.96. The quantitative estimate of drug-likeness (QED) is 0.418. The number of methoxy groups -OCH3 is 1. The van der Waals surface area contributed by atoms with Crippen LogP contribution in [-0.4, -0.2) is 59.2 Å². The number of aromatic nitrogens is 3. The zero-order valence-corrected chi connectivity index (χ0v) is 19.6. The second-order valence-corrected chi connectivity index (χ2v) is 9.14. The van der Waals surface area contributed by atoms with Crippen molar-refractivity contribution >= 4 is 22.7 Å². The third-order valence-corrected chi connectivity index (χ3v) is 6.98. The number of furan rings is 1. The Hall–Kier alpha value is -3.88. The number of carbonyl (C=O) groups excluding carboxylic acids is 1. The average Bonchev–Trinajstić information content (AvgIpc) is 3.68. The van der Waals surface area contributed by atoms with Gasteiger partial charge in [0.1, 0.15) is 17.2 Å². The molecule has 0 atom stereocenters. The molecule has 180 valence electrons. The number of amides is 1. The summed E-state index contributed by atoms with van der Waals surface area (Å²) in [6, 6.07) is 11.2. The van der Waals surface area contributed by atoms with Crippen molar-refractivity contribution in [1.29, 1.82) is 0 Å². The van der Waals surface area contributed by atoms with Crippen molar-refractivity contribution in [3.05, 3.63) is 54.2 Å². The van der Waals surface area contributed by atoms with E-state index in [2.05, 4.69) is 20.0 Å². The minimum Gasteiger partial charge on any atom is -0.497 e. The summed E-state index contributed by atoms with van der Waals surface area (Å²) in [5, 5.41) is 5.01. The van der Waals surface area contributed by atoms with Gasteiger partial charge in [-0.2, -0.15) is 4.98 Å². The molecule has 4 heterocycles. The molecular weight excluding hydrogens is 446 g/mol. The molecule has 1 saturated carbocycles. The van der Waals surface area contributed by atoms with Crippen LogP contribution in [0.3, 0.4) is 0 Å². The standard InChI is InChI=1S/C26H27N5O4/c1-33-20-7-8-21-19(14-20)15-22(34-21)26(32)31-12-10-30(11-13-31)23-9-6-18(16-27-23)24-28-25(35-29-24)17-4-2-3-5-17/h6-9,14-17H,2-5,10-13H2,1H3. The molecule has 3 aromatic heterocycles. The summed E-state index contributed by atoms with van der Waals surface area (Å²) in [6.45, 7) is 2.58. The summed E-state index contributed by atoms with van der Waals surface area (Å²) >= 11 is 0. The van der Waals surface area contributed by atoms with E-state index in [1.54, 1.807) is 19.4 Å². The Morgan fingerprint density at radius 3 is 2.63 bits per heavy atom. The fraction of sp³-hybridized carbons (Fsp3) is 0.385. The number of rotatable bonds is 5. The van der Waals surface area contributed by atoms with Crippen LogP contribution >= 0.6 is 0 Å². The second-order valence-electron chi connectivity index (χ2n) is 9.14. The predicted molar refractivity (Wildman–Crippen MR) is 130 cm³/mol. The molecule has 0 spiro atoms. The van der Waals surface area contributed by atoms with E-state index in [9.17, 15) is 4.79 Å². The lowest BCUT2D eigenvalue weighted by Crippen LogP contribution is -2.49. The van der Waals surface area contributed by atoms with Crippen LogP contribution < -0.4 is 9.64 Å². The van der Waals surface area contributed by atoms with Gasteiger partial charge in [-0.05, 0) is 49.2 Å². The van der Waals surface area contributed by atoms with Crippen molar-refractivity contribution in [2.75, 3.05) is 38.2 Å². The van der Waals surface area contributed by atoms with Gasteiger partial charge in [0.25, 0.3) is 5.91 Å². The minimum atomic E-state index is -0.0988. The first kappa shape index (κ1) is 21.6. The molecule has 1 saturated heterocycles. The molecule has 9 nitrogen and oxygen atoms in total. The number of anilines is 1. The number of pyridine rings is 1. The first-order valence-corrected chi connectivity index (χ1v) is 12.1. The van der Waals surface area contributed by atoms with Crippen LogP contribution in [0.1, 0.15) is 48.0 Å². The van der Waals surface area contributed by atoms with Crippen LogP contribution in [0.25, 0.3) is 22.4 Å². The van der Waals surface area contributed by atoms with Crippen LogP contribution in [0.15, 0.2) is 51.5 Å². The van der Waals surface area contributed by atoms with Gasteiger partial charge in [0.15, 0.2) is 5.76 Å². The first-order chi connectivity index (χ1) is 17.2. The van der Waals surface area contributed by atoms with Gasteiger partial charge in [0.2, 0.25) is 11.7 Å². The highest BCUT2D eigenvalue weighted by Crippen LogP contribution is 2.34. The number of carbonyl (C=O) groups is 1. The SMILES string of the molecule is COc1ccc2oc(C(=O)N3CCN(c4ccc(-c5noc(C6CCCC6)n5)cn4)CC3)cc2c1. The monoisotopic (exact) mass is 473 g/mol. The molecule has 0 bridgehead atoms. The number of fused-ring (bicyclic) bond motifs is 1. The Bertz CT molecular complexity index is 1330. The van der Waals surface area contributed by atoms with E-state index >= 15 is 0 Å². The summed E-state index contributed by atoms with van der Waals surface area (Å²) in [5.74, 6) is 3.58. The molecule has 1 aliphatic heterocycles. The van der Waals surface area contributed by atoms with Gasteiger partial charge in [-0.3, -0.25) is 4.79 Å². The van der Waals surface area contributed by atoms with E-state index < -0.39 is 0 Å². The molecule has 2 aliphatic rings. The van der Waals surface area contributed by atoms with Crippen molar-refractivity contribution in [3.63, 3.8) is 0 Å². The largest absolute Gasteiger partial charge is 0.497 e. The summed E-state index contributed by atoms with van der Waals surface area (Å²) in [4.78, 5) is 26.2. The van der Waals surface area contributed by atoms with Crippen LogP contribution in [-0.2, 0) is 0 Å². The van der Waals surface area contributed by atoms with Crippen LogP contribution in [0.4, 0.5) is 5.82 Å². The van der Waals surface area contributed by atoms with E-state index in [1.165, 1.54) is 12.8 Å². The fourth-order valence-electron chi connectivity index (χ4n) is 4.94. The topological polar surface area (TPSA) is 97.7 Å². The Kier molecular flexibility index (Phi) is 5.60.